The molecule has 6 heteroatoms. The van der Waals surface area contributed by atoms with Gasteiger partial charge in [0.05, 0.1) is 11.4 Å². The van der Waals surface area contributed by atoms with Crippen LogP contribution in [0.25, 0.3) is 17.1 Å². The van der Waals surface area contributed by atoms with E-state index >= 15 is 0 Å². The van der Waals surface area contributed by atoms with Gasteiger partial charge in [-0.3, -0.25) is 4.98 Å². The molecule has 0 bridgehead atoms. The molecule has 5 nitrogen and oxygen atoms in total. The van der Waals surface area contributed by atoms with Crippen molar-refractivity contribution < 1.29 is 9.90 Å². The normalized spacial score (nSPS) is 10.5. The molecule has 0 aliphatic rings. The first kappa shape index (κ1) is 13.3. The third-order valence-corrected chi connectivity index (χ3v) is 3.18. The molecule has 0 atom stereocenters. The van der Waals surface area contributed by atoms with E-state index in [2.05, 4.69) is 10.1 Å². The smallest absolute Gasteiger partial charge is 0.354 e. The Morgan fingerprint density at radius 3 is 2.48 bits per heavy atom. The average molecular weight is 300 g/mol. The summed E-state index contributed by atoms with van der Waals surface area (Å²) in [6.07, 6.45) is 1.64. The molecule has 1 aromatic carbocycles. The van der Waals surface area contributed by atoms with Crippen LogP contribution < -0.4 is 0 Å². The standard InChI is InChI=1S/C15H10ClN3O2/c16-10-4-6-11(7-5-10)19-14(15(20)21)9-13(18-19)12-3-1-2-8-17-12/h1-9H,(H,20,21). The maximum Gasteiger partial charge on any atom is 0.354 e. The fraction of sp³-hybridized carbons (Fsp3) is 0. The number of rotatable bonds is 3. The molecule has 0 saturated carbocycles. The zero-order valence-electron chi connectivity index (χ0n) is 10.8. The largest absolute Gasteiger partial charge is 0.477 e. The Balaban J connectivity index is 2.14. The average Bonchev–Trinajstić information content (AvgIpc) is 2.94. The maximum atomic E-state index is 11.4. The number of benzene rings is 1. The molecule has 3 rings (SSSR count). The van der Waals surface area contributed by atoms with Crippen LogP contribution in [0.1, 0.15) is 10.5 Å². The van der Waals surface area contributed by atoms with E-state index in [-0.39, 0.29) is 5.69 Å². The van der Waals surface area contributed by atoms with E-state index in [9.17, 15) is 9.90 Å². The van der Waals surface area contributed by atoms with Crippen LogP contribution >= 0.6 is 11.6 Å². The molecule has 3 aromatic rings. The van der Waals surface area contributed by atoms with Gasteiger partial charge in [-0.15, -0.1) is 0 Å². The minimum absolute atomic E-state index is 0.0676. The van der Waals surface area contributed by atoms with Gasteiger partial charge < -0.3 is 5.11 Å². The number of carboxylic acid groups (broad SMARTS) is 1. The van der Waals surface area contributed by atoms with Crippen LogP contribution in [0, 0.1) is 0 Å². The lowest BCUT2D eigenvalue weighted by molar-refractivity contribution is 0.0687. The Hall–Kier alpha value is -2.66. The quantitative estimate of drug-likeness (QED) is 0.806. The summed E-state index contributed by atoms with van der Waals surface area (Å²) >= 11 is 5.85. The van der Waals surface area contributed by atoms with Crippen molar-refractivity contribution in [1.82, 2.24) is 14.8 Å². The molecule has 1 N–H and O–H groups in total. The molecule has 0 aliphatic heterocycles. The van der Waals surface area contributed by atoms with Crippen molar-refractivity contribution in [3.63, 3.8) is 0 Å². The number of halogens is 1. The Morgan fingerprint density at radius 1 is 1.10 bits per heavy atom. The lowest BCUT2D eigenvalue weighted by Gasteiger charge is -2.04. The fourth-order valence-electron chi connectivity index (χ4n) is 1.95. The van der Waals surface area contributed by atoms with Crippen molar-refractivity contribution in [2.24, 2.45) is 0 Å². The van der Waals surface area contributed by atoms with Crippen molar-refractivity contribution in [2.45, 2.75) is 0 Å². The summed E-state index contributed by atoms with van der Waals surface area (Å²) < 4.78 is 1.36. The minimum Gasteiger partial charge on any atom is -0.477 e. The Labute approximate surface area is 125 Å². The van der Waals surface area contributed by atoms with Gasteiger partial charge in [-0.25, -0.2) is 9.48 Å². The second kappa shape index (κ2) is 5.38. The van der Waals surface area contributed by atoms with Gasteiger partial charge in [0.2, 0.25) is 0 Å². The SMILES string of the molecule is O=C(O)c1cc(-c2ccccn2)nn1-c1ccc(Cl)cc1. The second-order valence-corrected chi connectivity index (χ2v) is 4.76. The zero-order chi connectivity index (χ0) is 14.8. The van der Waals surface area contributed by atoms with Crippen molar-refractivity contribution in [2.75, 3.05) is 0 Å². The number of aromatic carboxylic acids is 1. The molecule has 104 valence electrons. The summed E-state index contributed by atoms with van der Waals surface area (Å²) in [7, 11) is 0. The van der Waals surface area contributed by atoms with Gasteiger partial charge in [-0.1, -0.05) is 17.7 Å². The first-order valence-corrected chi connectivity index (χ1v) is 6.53. The molecule has 0 spiro atoms. The molecule has 0 unspecified atom stereocenters. The van der Waals surface area contributed by atoms with Gasteiger partial charge in [0.25, 0.3) is 0 Å². The maximum absolute atomic E-state index is 11.4. The number of aromatic nitrogens is 3. The summed E-state index contributed by atoms with van der Waals surface area (Å²) in [4.78, 5) is 15.6. The highest BCUT2D eigenvalue weighted by molar-refractivity contribution is 6.30. The summed E-state index contributed by atoms with van der Waals surface area (Å²) in [5, 5.41) is 14.2. The van der Waals surface area contributed by atoms with E-state index in [1.54, 1.807) is 42.6 Å². The molecule has 21 heavy (non-hydrogen) atoms. The van der Waals surface area contributed by atoms with E-state index in [4.69, 9.17) is 11.6 Å². The minimum atomic E-state index is -1.06. The van der Waals surface area contributed by atoms with Crippen LogP contribution in [-0.2, 0) is 0 Å². The Morgan fingerprint density at radius 2 is 1.86 bits per heavy atom. The molecule has 0 radical (unpaired) electrons. The highest BCUT2D eigenvalue weighted by Gasteiger charge is 2.17. The molecular weight excluding hydrogens is 290 g/mol. The predicted molar refractivity (Wildman–Crippen MR) is 78.8 cm³/mol. The topological polar surface area (TPSA) is 68.0 Å². The highest BCUT2D eigenvalue weighted by Crippen LogP contribution is 2.21. The van der Waals surface area contributed by atoms with Gasteiger partial charge in [0, 0.05) is 17.3 Å². The molecule has 2 heterocycles. The van der Waals surface area contributed by atoms with Crippen LogP contribution in [0.5, 0.6) is 0 Å². The fourth-order valence-corrected chi connectivity index (χ4v) is 2.08. The van der Waals surface area contributed by atoms with Gasteiger partial charge in [0.15, 0.2) is 5.69 Å². The Kier molecular flexibility index (Phi) is 3.41. The number of nitrogens with zero attached hydrogens (tertiary/aromatic N) is 3. The third kappa shape index (κ3) is 2.64. The van der Waals surface area contributed by atoms with E-state index in [1.165, 1.54) is 10.7 Å². The summed E-state index contributed by atoms with van der Waals surface area (Å²) in [6.45, 7) is 0. The monoisotopic (exact) mass is 299 g/mol. The van der Waals surface area contributed by atoms with Gasteiger partial charge in [-0.2, -0.15) is 5.10 Å². The molecule has 0 saturated heterocycles. The van der Waals surface area contributed by atoms with E-state index in [0.717, 1.165) is 0 Å². The number of carboxylic acids is 1. The first-order valence-electron chi connectivity index (χ1n) is 6.16. The molecule has 0 aliphatic carbocycles. The number of hydrogen-bond acceptors (Lipinski definition) is 3. The van der Waals surface area contributed by atoms with Crippen LogP contribution in [0.2, 0.25) is 5.02 Å². The Bertz CT molecular complexity index is 782. The van der Waals surface area contributed by atoms with Gasteiger partial charge in [0.1, 0.15) is 5.69 Å². The van der Waals surface area contributed by atoms with Gasteiger partial charge in [-0.05, 0) is 36.4 Å². The highest BCUT2D eigenvalue weighted by atomic mass is 35.5. The zero-order valence-corrected chi connectivity index (χ0v) is 11.5. The summed E-state index contributed by atoms with van der Waals surface area (Å²) in [5.41, 5.74) is 1.81. The number of carbonyl (C=O) groups is 1. The lowest BCUT2D eigenvalue weighted by Crippen LogP contribution is -2.07. The number of pyridine rings is 1. The molecule has 0 fully saturated rings. The van der Waals surface area contributed by atoms with Crippen LogP contribution in [0.4, 0.5) is 0 Å². The predicted octanol–water partition coefficient (Wildman–Crippen LogP) is 3.29. The second-order valence-electron chi connectivity index (χ2n) is 4.32. The van der Waals surface area contributed by atoms with Crippen LogP contribution in [-0.4, -0.2) is 25.8 Å². The summed E-state index contributed by atoms with van der Waals surface area (Å²) in [5.74, 6) is -1.06. The van der Waals surface area contributed by atoms with Crippen molar-refractivity contribution in [1.29, 1.82) is 0 Å². The van der Waals surface area contributed by atoms with E-state index < -0.39 is 5.97 Å². The van der Waals surface area contributed by atoms with E-state index in [0.29, 0.717) is 22.1 Å². The molecular formula is C15H10ClN3O2. The van der Waals surface area contributed by atoms with Crippen molar-refractivity contribution >= 4 is 17.6 Å². The first-order chi connectivity index (χ1) is 10.1. The third-order valence-electron chi connectivity index (χ3n) is 2.93. The molecule has 0 amide bonds. The van der Waals surface area contributed by atoms with E-state index in [1.807, 2.05) is 6.07 Å². The lowest BCUT2D eigenvalue weighted by atomic mass is 10.2. The van der Waals surface area contributed by atoms with Gasteiger partial charge >= 0.3 is 5.97 Å². The van der Waals surface area contributed by atoms with Crippen molar-refractivity contribution in [3.05, 3.63) is 65.4 Å². The summed E-state index contributed by atoms with van der Waals surface area (Å²) in [6, 6.07) is 13.7. The van der Waals surface area contributed by atoms with Crippen LogP contribution in [0.3, 0.4) is 0 Å². The van der Waals surface area contributed by atoms with Crippen molar-refractivity contribution in [3.8, 4) is 17.1 Å². The molecule has 2 aromatic heterocycles. The number of hydrogen-bond donors (Lipinski definition) is 1. The van der Waals surface area contributed by atoms with Crippen LogP contribution in [0.15, 0.2) is 54.7 Å².